The summed E-state index contributed by atoms with van der Waals surface area (Å²) in [4.78, 5) is 22.9. The Balaban J connectivity index is 2.47. The number of carboxylic acids is 1. The monoisotopic (exact) mass is 303 g/mol. The third kappa shape index (κ3) is 3.41. The zero-order valence-corrected chi connectivity index (χ0v) is 12.1. The first kappa shape index (κ1) is 15.1. The molecule has 0 bridgehead atoms. The summed E-state index contributed by atoms with van der Waals surface area (Å²) in [7, 11) is 0. The average molecular weight is 304 g/mol. The van der Waals surface area contributed by atoms with E-state index in [0.717, 1.165) is 0 Å². The molecule has 1 amide bonds. The van der Waals surface area contributed by atoms with Crippen LogP contribution in [0.5, 0.6) is 0 Å². The highest BCUT2D eigenvalue weighted by molar-refractivity contribution is 6.33. The molecule has 0 heterocycles. The minimum Gasteiger partial charge on any atom is -0.478 e. The van der Waals surface area contributed by atoms with Crippen molar-refractivity contribution in [3.8, 4) is 11.1 Å². The number of benzene rings is 2. The molecule has 0 saturated carbocycles. The first-order valence-corrected chi connectivity index (χ1v) is 6.82. The van der Waals surface area contributed by atoms with Crippen molar-refractivity contribution in [2.75, 3.05) is 6.54 Å². The van der Waals surface area contributed by atoms with Crippen LogP contribution in [0.15, 0.2) is 42.5 Å². The molecule has 0 saturated heterocycles. The van der Waals surface area contributed by atoms with Gasteiger partial charge in [0.25, 0.3) is 5.91 Å². The van der Waals surface area contributed by atoms with E-state index in [2.05, 4.69) is 5.32 Å². The first-order valence-electron chi connectivity index (χ1n) is 6.44. The van der Waals surface area contributed by atoms with Crippen molar-refractivity contribution < 1.29 is 14.7 Å². The van der Waals surface area contributed by atoms with Gasteiger partial charge in [-0.25, -0.2) is 4.79 Å². The van der Waals surface area contributed by atoms with Crippen molar-refractivity contribution in [2.45, 2.75) is 6.92 Å². The Morgan fingerprint density at radius 2 is 1.90 bits per heavy atom. The fraction of sp³-hybridized carbons (Fsp3) is 0.125. The maximum Gasteiger partial charge on any atom is 0.335 e. The molecule has 0 radical (unpaired) electrons. The first-order chi connectivity index (χ1) is 10.0. The van der Waals surface area contributed by atoms with Crippen LogP contribution < -0.4 is 5.32 Å². The predicted octanol–water partition coefficient (Wildman–Crippen LogP) is 3.45. The van der Waals surface area contributed by atoms with Gasteiger partial charge in [0.05, 0.1) is 5.56 Å². The number of rotatable bonds is 4. The number of carbonyl (C=O) groups is 2. The van der Waals surface area contributed by atoms with Crippen molar-refractivity contribution in [1.29, 1.82) is 0 Å². The Bertz CT molecular complexity index is 698. The summed E-state index contributed by atoms with van der Waals surface area (Å²) in [5, 5.41) is 12.2. The van der Waals surface area contributed by atoms with Crippen LogP contribution >= 0.6 is 11.6 Å². The zero-order valence-electron chi connectivity index (χ0n) is 11.4. The third-order valence-corrected chi connectivity index (χ3v) is 3.32. The van der Waals surface area contributed by atoms with Crippen molar-refractivity contribution in [1.82, 2.24) is 5.32 Å². The van der Waals surface area contributed by atoms with Gasteiger partial charge in [0.1, 0.15) is 0 Å². The van der Waals surface area contributed by atoms with Gasteiger partial charge in [-0.2, -0.15) is 0 Å². The van der Waals surface area contributed by atoms with Crippen LogP contribution in [0, 0.1) is 0 Å². The van der Waals surface area contributed by atoms with E-state index >= 15 is 0 Å². The number of nitrogens with one attached hydrogen (secondary N) is 1. The average Bonchev–Trinajstić information content (AvgIpc) is 2.48. The molecule has 0 spiro atoms. The Morgan fingerprint density at radius 3 is 2.57 bits per heavy atom. The van der Waals surface area contributed by atoms with Crippen LogP contribution in [-0.2, 0) is 0 Å². The molecule has 5 heteroatoms. The van der Waals surface area contributed by atoms with Gasteiger partial charge in [0, 0.05) is 22.7 Å². The predicted molar refractivity (Wildman–Crippen MR) is 81.9 cm³/mol. The second kappa shape index (κ2) is 6.41. The smallest absolute Gasteiger partial charge is 0.335 e. The highest BCUT2D eigenvalue weighted by atomic mass is 35.5. The lowest BCUT2D eigenvalue weighted by Crippen LogP contribution is -2.22. The summed E-state index contributed by atoms with van der Waals surface area (Å²) in [6.45, 7) is 2.38. The number of amides is 1. The van der Waals surface area contributed by atoms with E-state index in [1.165, 1.54) is 12.1 Å². The molecule has 2 rings (SSSR count). The number of aromatic carboxylic acids is 1. The Labute approximate surface area is 127 Å². The van der Waals surface area contributed by atoms with E-state index in [0.29, 0.717) is 28.3 Å². The van der Waals surface area contributed by atoms with Gasteiger partial charge >= 0.3 is 5.97 Å². The third-order valence-electron chi connectivity index (χ3n) is 2.99. The van der Waals surface area contributed by atoms with Gasteiger partial charge in [-0.1, -0.05) is 23.7 Å². The second-order valence-electron chi connectivity index (χ2n) is 4.44. The Kier molecular flexibility index (Phi) is 4.60. The molecule has 2 aromatic rings. The molecular weight excluding hydrogens is 290 g/mol. The molecule has 2 N–H and O–H groups in total. The van der Waals surface area contributed by atoms with E-state index in [1.54, 1.807) is 30.3 Å². The highest BCUT2D eigenvalue weighted by Crippen LogP contribution is 2.29. The second-order valence-corrected chi connectivity index (χ2v) is 4.85. The van der Waals surface area contributed by atoms with E-state index in [4.69, 9.17) is 16.7 Å². The molecule has 108 valence electrons. The van der Waals surface area contributed by atoms with Crippen molar-refractivity contribution >= 4 is 23.5 Å². The highest BCUT2D eigenvalue weighted by Gasteiger charge is 2.11. The molecule has 21 heavy (non-hydrogen) atoms. The lowest BCUT2D eigenvalue weighted by Gasteiger charge is -2.08. The van der Waals surface area contributed by atoms with Crippen LogP contribution in [0.25, 0.3) is 11.1 Å². The van der Waals surface area contributed by atoms with Crippen LogP contribution in [0.3, 0.4) is 0 Å². The maximum absolute atomic E-state index is 11.9. The number of hydrogen-bond donors (Lipinski definition) is 2. The van der Waals surface area contributed by atoms with E-state index in [-0.39, 0.29) is 11.5 Å². The van der Waals surface area contributed by atoms with E-state index in [1.807, 2.05) is 6.92 Å². The van der Waals surface area contributed by atoms with Crippen LogP contribution in [0.1, 0.15) is 27.6 Å². The van der Waals surface area contributed by atoms with Gasteiger partial charge in [0.15, 0.2) is 0 Å². The van der Waals surface area contributed by atoms with Gasteiger partial charge in [-0.15, -0.1) is 0 Å². The number of halogens is 1. The molecule has 0 aliphatic rings. The summed E-state index contributed by atoms with van der Waals surface area (Å²) in [5.41, 5.74) is 1.94. The Hall–Kier alpha value is -2.33. The van der Waals surface area contributed by atoms with Crippen LogP contribution in [-0.4, -0.2) is 23.5 Å². The minimum atomic E-state index is -1.02. The van der Waals surface area contributed by atoms with Gasteiger partial charge in [-0.05, 0) is 42.8 Å². The SMILES string of the molecule is CCNC(=O)c1cccc(-c2cc(C(=O)O)ccc2Cl)c1. The Morgan fingerprint density at radius 1 is 1.14 bits per heavy atom. The van der Waals surface area contributed by atoms with Crippen molar-refractivity contribution in [3.63, 3.8) is 0 Å². The maximum atomic E-state index is 11.9. The molecule has 0 aliphatic carbocycles. The molecule has 0 atom stereocenters. The molecule has 0 aliphatic heterocycles. The topological polar surface area (TPSA) is 66.4 Å². The van der Waals surface area contributed by atoms with Crippen LogP contribution in [0.4, 0.5) is 0 Å². The lowest BCUT2D eigenvalue weighted by atomic mass is 10.0. The summed E-state index contributed by atoms with van der Waals surface area (Å²) < 4.78 is 0. The molecule has 0 fully saturated rings. The lowest BCUT2D eigenvalue weighted by molar-refractivity contribution is 0.0696. The summed E-state index contributed by atoms with van der Waals surface area (Å²) in [6, 6.07) is 11.4. The largest absolute Gasteiger partial charge is 0.478 e. The van der Waals surface area contributed by atoms with Gasteiger partial charge < -0.3 is 10.4 Å². The molecule has 0 unspecified atom stereocenters. The van der Waals surface area contributed by atoms with Gasteiger partial charge in [0.2, 0.25) is 0 Å². The normalized spacial score (nSPS) is 10.2. The zero-order chi connectivity index (χ0) is 15.4. The van der Waals surface area contributed by atoms with Crippen molar-refractivity contribution in [2.24, 2.45) is 0 Å². The standard InChI is InChI=1S/C16H14ClNO3/c1-2-18-15(19)11-5-3-4-10(8-11)13-9-12(16(20)21)6-7-14(13)17/h3-9H,2H2,1H3,(H,18,19)(H,20,21). The fourth-order valence-electron chi connectivity index (χ4n) is 1.97. The summed E-state index contributed by atoms with van der Waals surface area (Å²) in [5.74, 6) is -1.20. The quantitative estimate of drug-likeness (QED) is 0.909. The number of hydrogen-bond acceptors (Lipinski definition) is 2. The van der Waals surface area contributed by atoms with Crippen molar-refractivity contribution in [3.05, 3.63) is 58.6 Å². The number of carboxylic acid groups (broad SMARTS) is 1. The summed E-state index contributed by atoms with van der Waals surface area (Å²) in [6.07, 6.45) is 0. The minimum absolute atomic E-state index is 0.151. The summed E-state index contributed by atoms with van der Waals surface area (Å²) >= 11 is 6.14. The van der Waals surface area contributed by atoms with Crippen LogP contribution in [0.2, 0.25) is 5.02 Å². The molecule has 0 aromatic heterocycles. The van der Waals surface area contributed by atoms with E-state index < -0.39 is 5.97 Å². The molecule has 2 aromatic carbocycles. The molecular formula is C16H14ClNO3. The molecule has 4 nitrogen and oxygen atoms in total. The fourth-order valence-corrected chi connectivity index (χ4v) is 2.20. The van der Waals surface area contributed by atoms with Gasteiger partial charge in [-0.3, -0.25) is 4.79 Å². The number of carbonyl (C=O) groups excluding carboxylic acids is 1. The van der Waals surface area contributed by atoms with E-state index in [9.17, 15) is 9.59 Å².